The number of hydrogen-bond acceptors (Lipinski definition) is 5. The fourth-order valence-electron chi connectivity index (χ4n) is 2.10. The Labute approximate surface area is 181 Å². The van der Waals surface area contributed by atoms with Gasteiger partial charge in [0.1, 0.15) is 0 Å². The second-order valence-electron chi connectivity index (χ2n) is 8.59. The van der Waals surface area contributed by atoms with Gasteiger partial charge in [0.05, 0.1) is 11.5 Å². The van der Waals surface area contributed by atoms with Crippen molar-refractivity contribution in [1.29, 1.82) is 0 Å². The number of nitrogens with zero attached hydrogens (tertiary/aromatic N) is 1. The Morgan fingerprint density at radius 2 is 1.93 bits per heavy atom. The molecule has 1 rings (SSSR count). The van der Waals surface area contributed by atoms with Crippen LogP contribution in [0.4, 0.5) is 5.69 Å². The first-order valence-electron chi connectivity index (χ1n) is 9.79. The molecule has 0 aromatic heterocycles. The van der Waals surface area contributed by atoms with Crippen molar-refractivity contribution in [3.8, 4) is 11.8 Å². The Kier molecular flexibility index (Phi) is 9.43. The van der Waals surface area contributed by atoms with Gasteiger partial charge in [0.2, 0.25) is 10.0 Å². The summed E-state index contributed by atoms with van der Waals surface area (Å²) in [6.07, 6.45) is 2.83. The highest BCUT2D eigenvalue weighted by Crippen LogP contribution is 2.36. The third kappa shape index (κ3) is 8.03. The molecule has 1 N–H and O–H groups in total. The molecule has 7 nitrogen and oxygen atoms in total. The highest BCUT2D eigenvalue weighted by molar-refractivity contribution is 7.89. The number of nitro groups is 1. The van der Waals surface area contributed by atoms with Crippen molar-refractivity contribution >= 4 is 24.0 Å². The van der Waals surface area contributed by atoms with Crippen LogP contribution >= 0.6 is 0 Å². The van der Waals surface area contributed by atoms with Gasteiger partial charge in [-0.2, -0.15) is 0 Å². The number of hydrogen-bond donors (Lipinski definition) is 1. The quantitative estimate of drug-likeness (QED) is 0.194. The molecule has 9 heteroatoms. The Hall–Kier alpha value is -1.99. The number of unbranched alkanes of at least 4 members (excludes halogenated alkanes) is 1. The van der Waals surface area contributed by atoms with Gasteiger partial charge in [-0.1, -0.05) is 44.7 Å². The Morgan fingerprint density at radius 1 is 1.30 bits per heavy atom. The third-order valence-corrected chi connectivity index (χ3v) is 11.0. The number of allylic oxidation sites excluding steroid dienone is 1. The molecule has 0 aliphatic rings. The highest BCUT2D eigenvalue weighted by atomic mass is 32.2. The molecule has 1 aromatic carbocycles. The molecule has 0 heterocycles. The number of nitro benzene ring substituents is 1. The average Bonchev–Trinajstić information content (AvgIpc) is 2.64. The molecule has 30 heavy (non-hydrogen) atoms. The topological polar surface area (TPSA) is 98.5 Å². The molecular formula is C21H32N2O5SSi. The summed E-state index contributed by atoms with van der Waals surface area (Å²) in [4.78, 5) is 9.97. The van der Waals surface area contributed by atoms with Gasteiger partial charge in [0.25, 0.3) is 5.69 Å². The molecule has 0 unspecified atom stereocenters. The molecule has 0 atom stereocenters. The molecular weight excluding hydrogens is 420 g/mol. The summed E-state index contributed by atoms with van der Waals surface area (Å²) in [5.74, 6) is 5.96. The van der Waals surface area contributed by atoms with Gasteiger partial charge in [-0.3, -0.25) is 10.1 Å². The molecule has 166 valence electrons. The molecule has 0 radical (unpaired) electrons. The smallest absolute Gasteiger partial charge is 0.289 e. The van der Waals surface area contributed by atoms with E-state index in [-0.39, 0.29) is 16.5 Å². The normalized spacial score (nSPS) is 12.9. The number of rotatable bonds is 9. The molecule has 0 saturated heterocycles. The predicted octanol–water partition coefficient (Wildman–Crippen LogP) is 4.62. The van der Waals surface area contributed by atoms with Crippen LogP contribution in [0, 0.1) is 22.0 Å². The average molecular weight is 453 g/mol. The van der Waals surface area contributed by atoms with Crippen LogP contribution in [0.15, 0.2) is 40.8 Å². The highest BCUT2D eigenvalue weighted by Gasteiger charge is 2.36. The molecule has 0 fully saturated rings. The van der Waals surface area contributed by atoms with E-state index in [2.05, 4.69) is 50.4 Å². The minimum Gasteiger partial charge on any atom is -0.413 e. The summed E-state index contributed by atoms with van der Waals surface area (Å²) in [5.41, 5.74) is 0.606. The predicted molar refractivity (Wildman–Crippen MR) is 122 cm³/mol. The first kappa shape index (κ1) is 26.0. The van der Waals surface area contributed by atoms with Crippen LogP contribution in [-0.4, -0.2) is 34.8 Å². The van der Waals surface area contributed by atoms with Crippen LogP contribution < -0.4 is 4.72 Å². The Bertz CT molecular complexity index is 938. The van der Waals surface area contributed by atoms with E-state index in [1.165, 1.54) is 24.3 Å². The third-order valence-electron chi connectivity index (χ3n) is 5.01. The standard InChI is InChI=1S/C21H32N2O5SSi/c1-18(17-28-30(5,6)21(2,3)4)13-9-7-8-12-16-22-29(26,27)20-15-11-10-14-19(20)23(24)25/h10-11,13-15,22H,8,12,16-17H2,1-6H3/b18-13-. The summed E-state index contributed by atoms with van der Waals surface area (Å²) in [5, 5.41) is 11.2. The molecule has 0 aliphatic heterocycles. The second kappa shape index (κ2) is 10.9. The van der Waals surface area contributed by atoms with Crippen LogP contribution in [0.5, 0.6) is 0 Å². The first-order valence-corrected chi connectivity index (χ1v) is 14.2. The van der Waals surface area contributed by atoms with Crippen LogP contribution in [-0.2, 0) is 14.4 Å². The summed E-state index contributed by atoms with van der Waals surface area (Å²) < 4.78 is 33.1. The molecule has 0 saturated carbocycles. The number of sulfonamides is 1. The van der Waals surface area contributed by atoms with Gasteiger partial charge in [-0.05, 0) is 49.2 Å². The zero-order valence-corrected chi connectivity index (χ0v) is 20.4. The maximum absolute atomic E-state index is 12.3. The van der Waals surface area contributed by atoms with E-state index in [1.54, 1.807) is 0 Å². The van der Waals surface area contributed by atoms with E-state index in [4.69, 9.17) is 4.43 Å². The lowest BCUT2D eigenvalue weighted by Gasteiger charge is -2.36. The Balaban J connectivity index is 2.49. The van der Waals surface area contributed by atoms with E-state index < -0.39 is 29.0 Å². The Morgan fingerprint density at radius 3 is 2.53 bits per heavy atom. The lowest BCUT2D eigenvalue weighted by molar-refractivity contribution is -0.387. The van der Waals surface area contributed by atoms with Gasteiger partial charge >= 0.3 is 0 Å². The monoisotopic (exact) mass is 452 g/mol. The summed E-state index contributed by atoms with van der Waals surface area (Å²) >= 11 is 0. The fraction of sp³-hybridized carbons (Fsp3) is 0.524. The number of nitrogens with one attached hydrogen (secondary N) is 1. The van der Waals surface area contributed by atoms with Crippen LogP contribution in [0.1, 0.15) is 40.5 Å². The summed E-state index contributed by atoms with van der Waals surface area (Å²) in [6, 6.07) is 5.28. The van der Waals surface area contributed by atoms with Crippen molar-refractivity contribution < 1.29 is 17.8 Å². The molecule has 0 aliphatic carbocycles. The van der Waals surface area contributed by atoms with Crippen molar-refractivity contribution in [1.82, 2.24) is 4.72 Å². The molecule has 0 bridgehead atoms. The maximum atomic E-state index is 12.3. The first-order chi connectivity index (χ1) is 13.8. The maximum Gasteiger partial charge on any atom is 0.289 e. The second-order valence-corrected chi connectivity index (χ2v) is 15.1. The van der Waals surface area contributed by atoms with Crippen molar-refractivity contribution in [3.05, 3.63) is 46.0 Å². The zero-order valence-electron chi connectivity index (χ0n) is 18.6. The SMILES string of the molecule is C/C(=C/C#CCCCNS(=O)(=O)c1ccccc1[N+](=O)[O-])CO[Si](C)(C)C(C)(C)C. The van der Waals surface area contributed by atoms with Crippen LogP contribution in [0.25, 0.3) is 0 Å². The van der Waals surface area contributed by atoms with Gasteiger partial charge in [-0.15, -0.1) is 0 Å². The van der Waals surface area contributed by atoms with Gasteiger partial charge in [0, 0.05) is 19.0 Å². The zero-order chi connectivity index (χ0) is 23.0. The van der Waals surface area contributed by atoms with Gasteiger partial charge < -0.3 is 4.43 Å². The summed E-state index contributed by atoms with van der Waals surface area (Å²) in [7, 11) is -5.73. The van der Waals surface area contributed by atoms with Crippen molar-refractivity contribution in [2.24, 2.45) is 0 Å². The van der Waals surface area contributed by atoms with E-state index in [9.17, 15) is 18.5 Å². The van der Waals surface area contributed by atoms with E-state index in [0.29, 0.717) is 19.4 Å². The van der Waals surface area contributed by atoms with E-state index in [0.717, 1.165) is 5.57 Å². The fourth-order valence-corrected chi connectivity index (χ4v) is 4.36. The van der Waals surface area contributed by atoms with Crippen molar-refractivity contribution in [2.45, 2.75) is 63.6 Å². The lowest BCUT2D eigenvalue weighted by Crippen LogP contribution is -2.41. The van der Waals surface area contributed by atoms with E-state index in [1.807, 2.05) is 13.0 Å². The van der Waals surface area contributed by atoms with Gasteiger partial charge in [0.15, 0.2) is 13.2 Å². The number of para-hydroxylation sites is 1. The number of benzene rings is 1. The van der Waals surface area contributed by atoms with Crippen LogP contribution in [0.2, 0.25) is 18.1 Å². The minimum absolute atomic E-state index is 0.153. The minimum atomic E-state index is -3.94. The van der Waals surface area contributed by atoms with Crippen molar-refractivity contribution in [2.75, 3.05) is 13.2 Å². The summed E-state index contributed by atoms with van der Waals surface area (Å²) in [6.45, 7) is 13.7. The van der Waals surface area contributed by atoms with Crippen LogP contribution in [0.3, 0.4) is 0 Å². The van der Waals surface area contributed by atoms with Gasteiger partial charge in [-0.25, -0.2) is 13.1 Å². The molecule has 0 amide bonds. The van der Waals surface area contributed by atoms with Crippen molar-refractivity contribution in [3.63, 3.8) is 0 Å². The largest absolute Gasteiger partial charge is 0.413 e. The molecule has 0 spiro atoms. The van der Waals surface area contributed by atoms with E-state index >= 15 is 0 Å². The lowest BCUT2D eigenvalue weighted by atomic mass is 10.2. The molecule has 1 aromatic rings.